The van der Waals surface area contributed by atoms with Gasteiger partial charge in [0, 0.05) is 12.3 Å². The number of methoxy groups -OCH3 is 1. The van der Waals surface area contributed by atoms with Gasteiger partial charge in [-0.25, -0.2) is 0 Å². The Morgan fingerprint density at radius 1 is 1.28 bits per heavy atom. The molecule has 0 unspecified atom stereocenters. The monoisotopic (exact) mass is 340 g/mol. The fourth-order valence-corrected chi connectivity index (χ4v) is 2.17. The molecular formula is C20H24N2O3. The predicted octanol–water partition coefficient (Wildman–Crippen LogP) is 4.23. The number of nitrogens with zero attached hydrogens (tertiary/aromatic N) is 1. The highest BCUT2D eigenvalue weighted by Gasteiger charge is 2.05. The lowest BCUT2D eigenvalue weighted by Crippen LogP contribution is -2.09. The van der Waals surface area contributed by atoms with E-state index in [0.29, 0.717) is 23.8 Å². The van der Waals surface area contributed by atoms with Crippen molar-refractivity contribution in [2.24, 2.45) is 0 Å². The SMILES string of the molecule is CCCCOc1ccc(C=CC(=O)Nc2cnccc2C)cc1OC. The van der Waals surface area contributed by atoms with Crippen LogP contribution in [0.2, 0.25) is 0 Å². The van der Waals surface area contributed by atoms with Crippen molar-refractivity contribution >= 4 is 17.7 Å². The summed E-state index contributed by atoms with van der Waals surface area (Å²) in [5.74, 6) is 1.16. The molecule has 2 aromatic rings. The number of unbranched alkanes of at least 4 members (excludes halogenated alkanes) is 1. The summed E-state index contributed by atoms with van der Waals surface area (Å²) in [6.07, 6.45) is 8.62. The van der Waals surface area contributed by atoms with E-state index in [1.54, 1.807) is 25.6 Å². The Bertz CT molecular complexity index is 741. The number of hydrogen-bond acceptors (Lipinski definition) is 4. The second-order valence-corrected chi connectivity index (χ2v) is 5.63. The van der Waals surface area contributed by atoms with Gasteiger partial charge in [0.2, 0.25) is 5.91 Å². The summed E-state index contributed by atoms with van der Waals surface area (Å²) < 4.78 is 11.1. The first-order chi connectivity index (χ1) is 12.1. The average Bonchev–Trinajstić information content (AvgIpc) is 2.62. The summed E-state index contributed by atoms with van der Waals surface area (Å²) in [5.41, 5.74) is 2.53. The zero-order chi connectivity index (χ0) is 18.1. The predicted molar refractivity (Wildman–Crippen MR) is 100 cm³/mol. The van der Waals surface area contributed by atoms with Crippen molar-refractivity contribution in [3.8, 4) is 11.5 Å². The molecule has 0 fully saturated rings. The second kappa shape index (κ2) is 9.47. The molecule has 25 heavy (non-hydrogen) atoms. The molecule has 2 rings (SSSR count). The minimum absolute atomic E-state index is 0.210. The Balaban J connectivity index is 2.02. The lowest BCUT2D eigenvalue weighted by atomic mass is 10.2. The zero-order valence-corrected chi connectivity index (χ0v) is 14.9. The summed E-state index contributed by atoms with van der Waals surface area (Å²) in [7, 11) is 1.60. The molecule has 0 saturated carbocycles. The van der Waals surface area contributed by atoms with Crippen LogP contribution >= 0.6 is 0 Å². The van der Waals surface area contributed by atoms with Crippen LogP contribution in [0.1, 0.15) is 30.9 Å². The molecule has 1 amide bonds. The van der Waals surface area contributed by atoms with Gasteiger partial charge in [0.25, 0.3) is 0 Å². The summed E-state index contributed by atoms with van der Waals surface area (Å²) in [5, 5.41) is 2.81. The van der Waals surface area contributed by atoms with E-state index in [0.717, 1.165) is 24.0 Å². The minimum atomic E-state index is -0.210. The first-order valence-electron chi connectivity index (χ1n) is 8.34. The summed E-state index contributed by atoms with van der Waals surface area (Å²) in [6.45, 7) is 4.70. The van der Waals surface area contributed by atoms with E-state index >= 15 is 0 Å². The number of anilines is 1. The molecule has 0 aliphatic rings. The Hall–Kier alpha value is -2.82. The van der Waals surface area contributed by atoms with Crippen LogP contribution < -0.4 is 14.8 Å². The maximum absolute atomic E-state index is 12.1. The van der Waals surface area contributed by atoms with E-state index in [2.05, 4.69) is 17.2 Å². The molecule has 0 aliphatic heterocycles. The van der Waals surface area contributed by atoms with Crippen LogP contribution in [-0.2, 0) is 4.79 Å². The number of pyridine rings is 1. The molecule has 0 atom stereocenters. The van der Waals surface area contributed by atoms with Crippen LogP contribution in [0.4, 0.5) is 5.69 Å². The average molecular weight is 340 g/mol. The summed E-state index contributed by atoms with van der Waals surface area (Å²) >= 11 is 0. The van der Waals surface area contributed by atoms with Gasteiger partial charge in [0.15, 0.2) is 11.5 Å². The Morgan fingerprint density at radius 3 is 2.84 bits per heavy atom. The molecule has 5 heteroatoms. The number of hydrogen-bond donors (Lipinski definition) is 1. The first kappa shape index (κ1) is 18.5. The van der Waals surface area contributed by atoms with Crippen LogP contribution in [-0.4, -0.2) is 24.6 Å². The highest BCUT2D eigenvalue weighted by atomic mass is 16.5. The normalized spacial score (nSPS) is 10.7. The fourth-order valence-electron chi connectivity index (χ4n) is 2.17. The minimum Gasteiger partial charge on any atom is -0.493 e. The third kappa shape index (κ3) is 5.64. The Kier molecular flexibility index (Phi) is 7.01. The van der Waals surface area contributed by atoms with Gasteiger partial charge in [0.05, 0.1) is 25.6 Å². The van der Waals surface area contributed by atoms with Crippen LogP contribution in [0.25, 0.3) is 6.08 Å². The Labute approximate surface area is 148 Å². The molecule has 1 N–H and O–H groups in total. The van der Waals surface area contributed by atoms with Crippen molar-refractivity contribution in [3.63, 3.8) is 0 Å². The van der Waals surface area contributed by atoms with Crippen LogP contribution in [0.3, 0.4) is 0 Å². The van der Waals surface area contributed by atoms with E-state index < -0.39 is 0 Å². The molecule has 0 bridgehead atoms. The number of aryl methyl sites for hydroxylation is 1. The smallest absolute Gasteiger partial charge is 0.248 e. The van der Waals surface area contributed by atoms with Gasteiger partial charge in [-0.2, -0.15) is 0 Å². The van der Waals surface area contributed by atoms with Gasteiger partial charge in [-0.15, -0.1) is 0 Å². The molecule has 5 nitrogen and oxygen atoms in total. The molecule has 0 spiro atoms. The lowest BCUT2D eigenvalue weighted by molar-refractivity contribution is -0.111. The number of ether oxygens (including phenoxy) is 2. The fraction of sp³-hybridized carbons (Fsp3) is 0.300. The number of carbonyl (C=O) groups excluding carboxylic acids is 1. The number of rotatable bonds is 8. The van der Waals surface area contributed by atoms with Crippen molar-refractivity contribution in [2.45, 2.75) is 26.7 Å². The van der Waals surface area contributed by atoms with Gasteiger partial charge >= 0.3 is 0 Å². The van der Waals surface area contributed by atoms with E-state index in [4.69, 9.17) is 9.47 Å². The standard InChI is InChI=1S/C20H24N2O3/c1-4-5-12-25-18-8-6-16(13-19(18)24-3)7-9-20(23)22-17-14-21-11-10-15(17)2/h6-11,13-14H,4-5,12H2,1-3H3,(H,22,23). The molecule has 0 saturated heterocycles. The Morgan fingerprint density at radius 2 is 2.12 bits per heavy atom. The lowest BCUT2D eigenvalue weighted by Gasteiger charge is -2.11. The number of carbonyl (C=O) groups is 1. The van der Waals surface area contributed by atoms with Crippen LogP contribution in [0, 0.1) is 6.92 Å². The molecule has 0 aliphatic carbocycles. The van der Waals surface area contributed by atoms with Crippen LogP contribution in [0.5, 0.6) is 11.5 Å². The molecular weight excluding hydrogens is 316 g/mol. The highest BCUT2D eigenvalue weighted by molar-refractivity contribution is 6.02. The number of benzene rings is 1. The third-order valence-electron chi connectivity index (χ3n) is 3.67. The molecule has 132 valence electrons. The third-order valence-corrected chi connectivity index (χ3v) is 3.67. The number of nitrogens with one attached hydrogen (secondary N) is 1. The zero-order valence-electron chi connectivity index (χ0n) is 14.9. The first-order valence-corrected chi connectivity index (χ1v) is 8.34. The van der Waals surface area contributed by atoms with Gasteiger partial charge in [-0.3, -0.25) is 9.78 Å². The van der Waals surface area contributed by atoms with Crippen LogP contribution in [0.15, 0.2) is 42.7 Å². The maximum atomic E-state index is 12.1. The number of aromatic nitrogens is 1. The number of amides is 1. The van der Waals surface area contributed by atoms with Gasteiger partial charge in [-0.1, -0.05) is 19.4 Å². The van der Waals surface area contributed by atoms with Crippen molar-refractivity contribution < 1.29 is 14.3 Å². The van der Waals surface area contributed by atoms with Gasteiger partial charge in [-0.05, 0) is 48.7 Å². The van der Waals surface area contributed by atoms with E-state index in [1.165, 1.54) is 6.08 Å². The maximum Gasteiger partial charge on any atom is 0.248 e. The van der Waals surface area contributed by atoms with E-state index in [1.807, 2.05) is 31.2 Å². The van der Waals surface area contributed by atoms with E-state index in [-0.39, 0.29) is 5.91 Å². The molecule has 0 radical (unpaired) electrons. The largest absolute Gasteiger partial charge is 0.493 e. The van der Waals surface area contributed by atoms with Gasteiger partial charge in [0.1, 0.15) is 0 Å². The molecule has 1 heterocycles. The second-order valence-electron chi connectivity index (χ2n) is 5.63. The quantitative estimate of drug-likeness (QED) is 0.577. The molecule has 1 aromatic heterocycles. The van der Waals surface area contributed by atoms with Crippen molar-refractivity contribution in [1.82, 2.24) is 4.98 Å². The summed E-state index contributed by atoms with van der Waals surface area (Å²) in [4.78, 5) is 16.1. The molecule has 1 aromatic carbocycles. The summed E-state index contributed by atoms with van der Waals surface area (Å²) in [6, 6.07) is 7.45. The van der Waals surface area contributed by atoms with Crippen molar-refractivity contribution in [1.29, 1.82) is 0 Å². The van der Waals surface area contributed by atoms with E-state index in [9.17, 15) is 4.79 Å². The van der Waals surface area contributed by atoms with Crippen molar-refractivity contribution in [2.75, 3.05) is 19.0 Å². The topological polar surface area (TPSA) is 60.5 Å². The highest BCUT2D eigenvalue weighted by Crippen LogP contribution is 2.28. The van der Waals surface area contributed by atoms with Gasteiger partial charge < -0.3 is 14.8 Å². The van der Waals surface area contributed by atoms with Crippen molar-refractivity contribution in [3.05, 3.63) is 53.9 Å².